The molecule has 70 valence electrons. The van der Waals surface area contributed by atoms with E-state index in [1.807, 2.05) is 18.2 Å². The fourth-order valence-corrected chi connectivity index (χ4v) is 1.28. The minimum atomic E-state index is 0.332. The number of aromatic nitrogens is 3. The molecular formula is C10H8ClN3. The first-order valence-electron chi connectivity index (χ1n) is 4.18. The number of pyridine rings is 1. The molecule has 0 radical (unpaired) electrons. The molecule has 0 spiro atoms. The summed E-state index contributed by atoms with van der Waals surface area (Å²) < 4.78 is 0. The maximum Gasteiger partial charge on any atom is 0.143 e. The number of alkyl halides is 1. The lowest BCUT2D eigenvalue weighted by atomic mass is 10.2. The largest absolute Gasteiger partial charge is 0.265 e. The highest BCUT2D eigenvalue weighted by Gasteiger charge is 1.99. The molecule has 2 aromatic heterocycles. The van der Waals surface area contributed by atoms with Crippen LogP contribution in [0.3, 0.4) is 0 Å². The zero-order chi connectivity index (χ0) is 9.80. The van der Waals surface area contributed by atoms with Gasteiger partial charge < -0.3 is 0 Å². The van der Waals surface area contributed by atoms with Crippen LogP contribution in [0.15, 0.2) is 36.8 Å². The third kappa shape index (κ3) is 1.88. The molecule has 0 aliphatic carbocycles. The van der Waals surface area contributed by atoms with E-state index >= 15 is 0 Å². The van der Waals surface area contributed by atoms with E-state index in [9.17, 15) is 0 Å². The third-order valence-electron chi connectivity index (χ3n) is 1.80. The first kappa shape index (κ1) is 9.09. The second-order valence-electron chi connectivity index (χ2n) is 2.73. The number of hydrogen-bond donors (Lipinski definition) is 0. The molecule has 0 amide bonds. The van der Waals surface area contributed by atoms with Gasteiger partial charge in [0.15, 0.2) is 0 Å². The van der Waals surface area contributed by atoms with E-state index in [0.29, 0.717) is 11.7 Å². The minimum Gasteiger partial charge on any atom is -0.265 e. The molecule has 2 aromatic rings. The van der Waals surface area contributed by atoms with Gasteiger partial charge in [-0.05, 0) is 18.2 Å². The van der Waals surface area contributed by atoms with Gasteiger partial charge >= 0.3 is 0 Å². The van der Waals surface area contributed by atoms with E-state index in [-0.39, 0.29) is 0 Å². The predicted octanol–water partition coefficient (Wildman–Crippen LogP) is 2.28. The van der Waals surface area contributed by atoms with Crippen LogP contribution in [0.4, 0.5) is 0 Å². The second-order valence-corrected chi connectivity index (χ2v) is 2.99. The molecule has 0 aliphatic rings. The maximum atomic E-state index is 5.65. The SMILES string of the molecule is ClCc1nccc(-c2ccncc2)n1. The van der Waals surface area contributed by atoms with Crippen LogP contribution in [0.5, 0.6) is 0 Å². The summed E-state index contributed by atoms with van der Waals surface area (Å²) >= 11 is 5.65. The van der Waals surface area contributed by atoms with Gasteiger partial charge in [0.25, 0.3) is 0 Å². The Morgan fingerprint density at radius 2 is 1.86 bits per heavy atom. The lowest BCUT2D eigenvalue weighted by Gasteiger charge is -2.00. The lowest BCUT2D eigenvalue weighted by molar-refractivity contribution is 1.03. The Hall–Kier alpha value is -1.48. The van der Waals surface area contributed by atoms with Gasteiger partial charge in [-0.1, -0.05) is 0 Å². The zero-order valence-corrected chi connectivity index (χ0v) is 8.15. The molecule has 2 heterocycles. The normalized spacial score (nSPS) is 10.1. The summed E-state index contributed by atoms with van der Waals surface area (Å²) in [6.07, 6.45) is 5.18. The summed E-state index contributed by atoms with van der Waals surface area (Å²) in [5.41, 5.74) is 1.90. The van der Waals surface area contributed by atoms with Crippen LogP contribution in [0.1, 0.15) is 5.82 Å². The highest BCUT2D eigenvalue weighted by atomic mass is 35.5. The van der Waals surface area contributed by atoms with Gasteiger partial charge in [0.1, 0.15) is 5.82 Å². The Kier molecular flexibility index (Phi) is 2.70. The Bertz CT molecular complexity index is 417. The van der Waals surface area contributed by atoms with Crippen molar-refractivity contribution in [2.24, 2.45) is 0 Å². The van der Waals surface area contributed by atoms with E-state index in [0.717, 1.165) is 11.3 Å². The molecule has 0 N–H and O–H groups in total. The monoisotopic (exact) mass is 205 g/mol. The summed E-state index contributed by atoms with van der Waals surface area (Å²) in [5, 5.41) is 0. The van der Waals surface area contributed by atoms with Gasteiger partial charge in [-0.3, -0.25) is 4.98 Å². The van der Waals surface area contributed by atoms with Crippen molar-refractivity contribution in [3.8, 4) is 11.3 Å². The van der Waals surface area contributed by atoms with Crippen molar-refractivity contribution < 1.29 is 0 Å². The van der Waals surface area contributed by atoms with Crippen LogP contribution in [0.2, 0.25) is 0 Å². The van der Waals surface area contributed by atoms with Crippen LogP contribution in [-0.2, 0) is 5.88 Å². The number of rotatable bonds is 2. The highest BCUT2D eigenvalue weighted by molar-refractivity contribution is 6.16. The third-order valence-corrected chi connectivity index (χ3v) is 2.04. The molecule has 0 saturated carbocycles. The topological polar surface area (TPSA) is 38.7 Å². The van der Waals surface area contributed by atoms with Gasteiger partial charge in [-0.25, -0.2) is 9.97 Å². The first-order chi connectivity index (χ1) is 6.90. The molecule has 0 aliphatic heterocycles. The van der Waals surface area contributed by atoms with Crippen molar-refractivity contribution >= 4 is 11.6 Å². The molecule has 3 nitrogen and oxygen atoms in total. The minimum absolute atomic E-state index is 0.332. The molecule has 4 heteroatoms. The predicted molar refractivity (Wildman–Crippen MR) is 54.8 cm³/mol. The molecule has 14 heavy (non-hydrogen) atoms. The summed E-state index contributed by atoms with van der Waals surface area (Å²) in [5.74, 6) is 0.972. The van der Waals surface area contributed by atoms with Gasteiger partial charge in [0, 0.05) is 24.2 Å². The van der Waals surface area contributed by atoms with Crippen LogP contribution < -0.4 is 0 Å². The fourth-order valence-electron chi connectivity index (χ4n) is 1.15. The molecule has 0 unspecified atom stereocenters. The maximum absolute atomic E-state index is 5.65. The lowest BCUT2D eigenvalue weighted by Crippen LogP contribution is -1.92. The van der Waals surface area contributed by atoms with Crippen LogP contribution in [0, 0.1) is 0 Å². The highest BCUT2D eigenvalue weighted by Crippen LogP contribution is 2.14. The van der Waals surface area contributed by atoms with Crippen molar-refractivity contribution in [3.63, 3.8) is 0 Å². The summed E-state index contributed by atoms with van der Waals surface area (Å²) in [4.78, 5) is 12.3. The van der Waals surface area contributed by atoms with Crippen molar-refractivity contribution in [2.45, 2.75) is 5.88 Å². The van der Waals surface area contributed by atoms with Crippen molar-refractivity contribution in [3.05, 3.63) is 42.6 Å². The summed E-state index contributed by atoms with van der Waals surface area (Å²) in [6.45, 7) is 0. The van der Waals surface area contributed by atoms with E-state index < -0.39 is 0 Å². The molecule has 0 atom stereocenters. The molecule has 2 rings (SSSR count). The van der Waals surface area contributed by atoms with E-state index in [1.165, 1.54) is 0 Å². The van der Waals surface area contributed by atoms with Crippen molar-refractivity contribution in [1.82, 2.24) is 15.0 Å². The van der Waals surface area contributed by atoms with Crippen molar-refractivity contribution in [2.75, 3.05) is 0 Å². The smallest absolute Gasteiger partial charge is 0.143 e. The van der Waals surface area contributed by atoms with Gasteiger partial charge in [0.05, 0.1) is 11.6 Å². The standard InChI is InChI=1S/C10H8ClN3/c11-7-10-13-6-3-9(14-10)8-1-4-12-5-2-8/h1-6H,7H2. The summed E-state index contributed by atoms with van der Waals surface area (Å²) in [6, 6.07) is 5.66. The Morgan fingerprint density at radius 3 is 2.57 bits per heavy atom. The second kappa shape index (κ2) is 4.15. The molecule has 0 saturated heterocycles. The molecule has 0 bridgehead atoms. The molecular weight excluding hydrogens is 198 g/mol. The molecule has 0 fully saturated rings. The Labute approximate surface area is 86.8 Å². The van der Waals surface area contributed by atoms with Gasteiger partial charge in [0.2, 0.25) is 0 Å². The molecule has 0 aromatic carbocycles. The first-order valence-corrected chi connectivity index (χ1v) is 4.72. The average Bonchev–Trinajstić information content (AvgIpc) is 2.30. The van der Waals surface area contributed by atoms with Crippen LogP contribution in [-0.4, -0.2) is 15.0 Å². The number of hydrogen-bond acceptors (Lipinski definition) is 3. The van der Waals surface area contributed by atoms with E-state index in [4.69, 9.17) is 11.6 Å². The van der Waals surface area contributed by atoms with Crippen molar-refractivity contribution in [1.29, 1.82) is 0 Å². The number of halogens is 1. The Morgan fingerprint density at radius 1 is 1.07 bits per heavy atom. The summed E-state index contributed by atoms with van der Waals surface area (Å²) in [7, 11) is 0. The van der Waals surface area contributed by atoms with E-state index in [1.54, 1.807) is 18.6 Å². The zero-order valence-electron chi connectivity index (χ0n) is 7.39. The van der Waals surface area contributed by atoms with Gasteiger partial charge in [-0.2, -0.15) is 0 Å². The number of nitrogens with zero attached hydrogens (tertiary/aromatic N) is 3. The van der Waals surface area contributed by atoms with E-state index in [2.05, 4.69) is 15.0 Å². The van der Waals surface area contributed by atoms with Gasteiger partial charge in [-0.15, -0.1) is 11.6 Å². The fraction of sp³-hybridized carbons (Fsp3) is 0.100. The quantitative estimate of drug-likeness (QED) is 0.706. The Balaban J connectivity index is 2.42. The average molecular weight is 206 g/mol. The van der Waals surface area contributed by atoms with Crippen LogP contribution in [0.25, 0.3) is 11.3 Å². The van der Waals surface area contributed by atoms with Crippen LogP contribution >= 0.6 is 11.6 Å².